The Hall–Kier alpha value is -2.59. The Labute approximate surface area is 197 Å². The van der Waals surface area contributed by atoms with E-state index in [-0.39, 0.29) is 18.6 Å². The number of rotatable bonds is 8. The second-order valence-electron chi connectivity index (χ2n) is 8.24. The molecule has 1 atom stereocenters. The van der Waals surface area contributed by atoms with Gasteiger partial charge in [-0.2, -0.15) is 4.98 Å². The van der Waals surface area contributed by atoms with Crippen LogP contribution in [0.15, 0.2) is 24.3 Å². The van der Waals surface area contributed by atoms with Gasteiger partial charge in [0.15, 0.2) is 5.82 Å². The highest BCUT2D eigenvalue weighted by molar-refractivity contribution is 7.20. The Morgan fingerprint density at radius 1 is 1.30 bits per heavy atom. The number of carbonyl (C=O) groups excluding carboxylic acids is 1. The number of aryl methyl sites for hydroxylation is 1. The Morgan fingerprint density at radius 3 is 2.88 bits per heavy atom. The van der Waals surface area contributed by atoms with Crippen LogP contribution in [0.4, 0.5) is 0 Å². The highest BCUT2D eigenvalue weighted by Gasteiger charge is 2.21. The van der Waals surface area contributed by atoms with Crippen molar-refractivity contribution in [2.45, 2.75) is 39.6 Å². The van der Waals surface area contributed by atoms with Crippen LogP contribution >= 0.6 is 11.3 Å². The molecule has 4 rings (SSSR count). The number of carbonyl (C=O) groups is 1. The van der Waals surface area contributed by atoms with Crippen molar-refractivity contribution in [1.82, 2.24) is 20.2 Å². The molecule has 33 heavy (non-hydrogen) atoms. The summed E-state index contributed by atoms with van der Waals surface area (Å²) < 4.78 is 16.2. The van der Waals surface area contributed by atoms with Crippen LogP contribution in [-0.2, 0) is 29.2 Å². The fraction of sp³-hybridized carbons (Fsp3) is 0.458. The van der Waals surface area contributed by atoms with Crippen molar-refractivity contribution < 1.29 is 19.0 Å². The van der Waals surface area contributed by atoms with Gasteiger partial charge in [0.05, 0.1) is 30.1 Å². The lowest BCUT2D eigenvalue weighted by Gasteiger charge is -2.31. The maximum Gasteiger partial charge on any atom is 0.261 e. The molecule has 1 aromatic carbocycles. The Bertz CT molecular complexity index is 1130. The van der Waals surface area contributed by atoms with Crippen molar-refractivity contribution in [1.29, 1.82) is 0 Å². The first-order chi connectivity index (χ1) is 16.0. The van der Waals surface area contributed by atoms with E-state index in [0.717, 1.165) is 47.6 Å². The van der Waals surface area contributed by atoms with Gasteiger partial charge in [-0.25, -0.2) is 4.98 Å². The zero-order valence-corrected chi connectivity index (χ0v) is 20.3. The maximum absolute atomic E-state index is 13.0. The highest BCUT2D eigenvalue weighted by Crippen LogP contribution is 2.35. The zero-order chi connectivity index (χ0) is 23.4. The van der Waals surface area contributed by atoms with Crippen molar-refractivity contribution in [3.05, 3.63) is 51.7 Å². The lowest BCUT2D eigenvalue weighted by atomic mass is 10.1. The first-order valence-corrected chi connectivity index (χ1v) is 11.8. The minimum Gasteiger partial charge on any atom is -0.480 e. The van der Waals surface area contributed by atoms with Gasteiger partial charge in [0.2, 0.25) is 5.88 Å². The second kappa shape index (κ2) is 10.6. The number of hydrogen-bond acceptors (Lipinski definition) is 8. The molecular formula is C24H30N4O4S. The molecule has 1 aliphatic heterocycles. The molecule has 0 aliphatic carbocycles. The number of ether oxygens (including phenoxy) is 3. The maximum atomic E-state index is 13.0. The van der Waals surface area contributed by atoms with E-state index >= 15 is 0 Å². The lowest BCUT2D eigenvalue weighted by Crippen LogP contribution is -2.40. The summed E-state index contributed by atoms with van der Waals surface area (Å²) in [5.41, 5.74) is 3.13. The molecule has 0 saturated carbocycles. The van der Waals surface area contributed by atoms with E-state index in [1.807, 2.05) is 19.1 Å². The third-order valence-electron chi connectivity index (χ3n) is 5.65. The minimum absolute atomic E-state index is 0.127. The van der Waals surface area contributed by atoms with E-state index in [0.29, 0.717) is 23.1 Å². The first kappa shape index (κ1) is 23.6. The van der Waals surface area contributed by atoms with Crippen LogP contribution in [0.5, 0.6) is 5.88 Å². The number of morpholine rings is 1. The number of fused-ring (bicyclic) bond motifs is 1. The SMILES string of the molecule is COCc1nc(OC)c2c(C)c(C(=O)NCc3cccc(CN4CCOC(C)C4)c3)sc2n1. The van der Waals surface area contributed by atoms with Crippen LogP contribution in [0.3, 0.4) is 0 Å². The van der Waals surface area contributed by atoms with Crippen molar-refractivity contribution >= 4 is 27.5 Å². The van der Waals surface area contributed by atoms with Gasteiger partial charge < -0.3 is 19.5 Å². The lowest BCUT2D eigenvalue weighted by molar-refractivity contribution is -0.0212. The van der Waals surface area contributed by atoms with Crippen LogP contribution in [0, 0.1) is 6.92 Å². The molecule has 1 unspecified atom stereocenters. The standard InChI is InChI=1S/C24H30N4O4S/c1-15-12-28(8-9-32-15)13-18-7-5-6-17(10-18)11-25-22(29)21-16(2)20-23(31-4)26-19(14-30-3)27-24(20)33-21/h5-7,10,15H,8-9,11-14H2,1-4H3,(H,25,29). The number of amides is 1. The Kier molecular flexibility index (Phi) is 7.54. The normalized spacial score (nSPS) is 16.8. The molecule has 0 radical (unpaired) electrons. The summed E-state index contributed by atoms with van der Waals surface area (Å²) >= 11 is 1.35. The van der Waals surface area contributed by atoms with Crippen LogP contribution in [0.25, 0.3) is 10.2 Å². The Morgan fingerprint density at radius 2 is 2.12 bits per heavy atom. The van der Waals surface area contributed by atoms with Crippen molar-refractivity contribution in [2.75, 3.05) is 33.9 Å². The van der Waals surface area contributed by atoms with Gasteiger partial charge in [0.25, 0.3) is 5.91 Å². The summed E-state index contributed by atoms with van der Waals surface area (Å²) in [5, 5.41) is 3.83. The molecule has 1 N–H and O–H groups in total. The van der Waals surface area contributed by atoms with E-state index in [1.54, 1.807) is 14.2 Å². The predicted octanol–water partition coefficient (Wildman–Crippen LogP) is 3.31. The molecular weight excluding hydrogens is 440 g/mol. The van der Waals surface area contributed by atoms with Gasteiger partial charge in [-0.1, -0.05) is 24.3 Å². The topological polar surface area (TPSA) is 85.8 Å². The van der Waals surface area contributed by atoms with E-state index in [4.69, 9.17) is 14.2 Å². The van der Waals surface area contributed by atoms with Gasteiger partial charge in [-0.15, -0.1) is 11.3 Å². The molecule has 1 saturated heterocycles. The van der Waals surface area contributed by atoms with Crippen molar-refractivity contribution in [3.63, 3.8) is 0 Å². The summed E-state index contributed by atoms with van der Waals surface area (Å²) in [6.07, 6.45) is 0.264. The monoisotopic (exact) mass is 470 g/mol. The van der Waals surface area contributed by atoms with E-state index in [9.17, 15) is 4.79 Å². The average Bonchev–Trinajstić information content (AvgIpc) is 3.14. The summed E-state index contributed by atoms with van der Waals surface area (Å²) in [6.45, 7) is 8.27. The molecule has 0 spiro atoms. The molecule has 1 aliphatic rings. The van der Waals surface area contributed by atoms with Gasteiger partial charge >= 0.3 is 0 Å². The van der Waals surface area contributed by atoms with Crippen LogP contribution < -0.4 is 10.1 Å². The quantitative estimate of drug-likeness (QED) is 0.541. The van der Waals surface area contributed by atoms with E-state index < -0.39 is 0 Å². The van der Waals surface area contributed by atoms with Crippen LogP contribution in [0.1, 0.15) is 39.1 Å². The van der Waals surface area contributed by atoms with Crippen molar-refractivity contribution in [3.8, 4) is 5.88 Å². The molecule has 3 aromatic rings. The molecule has 3 heterocycles. The zero-order valence-electron chi connectivity index (χ0n) is 19.5. The molecule has 9 heteroatoms. The summed E-state index contributed by atoms with van der Waals surface area (Å²) in [7, 11) is 3.16. The minimum atomic E-state index is -0.127. The Balaban J connectivity index is 1.46. The van der Waals surface area contributed by atoms with Crippen molar-refractivity contribution in [2.24, 2.45) is 0 Å². The summed E-state index contributed by atoms with van der Waals surface area (Å²) in [4.78, 5) is 25.7. The predicted molar refractivity (Wildman–Crippen MR) is 128 cm³/mol. The highest BCUT2D eigenvalue weighted by atomic mass is 32.1. The van der Waals surface area contributed by atoms with Gasteiger partial charge in [-0.3, -0.25) is 9.69 Å². The van der Waals surface area contributed by atoms with Gasteiger partial charge in [0.1, 0.15) is 11.4 Å². The summed E-state index contributed by atoms with van der Waals surface area (Å²) in [6, 6.07) is 8.37. The van der Waals surface area contributed by atoms with Crippen LogP contribution in [0.2, 0.25) is 0 Å². The fourth-order valence-corrected chi connectivity index (χ4v) is 5.20. The third-order valence-corrected chi connectivity index (χ3v) is 6.84. The number of hydrogen-bond donors (Lipinski definition) is 1. The molecule has 0 bridgehead atoms. The molecule has 2 aromatic heterocycles. The van der Waals surface area contributed by atoms with Crippen LogP contribution in [-0.4, -0.2) is 60.8 Å². The molecule has 1 amide bonds. The molecule has 176 valence electrons. The third kappa shape index (κ3) is 5.50. The molecule has 1 fully saturated rings. The largest absolute Gasteiger partial charge is 0.480 e. The number of thiophene rings is 1. The summed E-state index contributed by atoms with van der Waals surface area (Å²) in [5.74, 6) is 0.866. The number of aromatic nitrogens is 2. The first-order valence-electron chi connectivity index (χ1n) is 11.0. The van der Waals surface area contributed by atoms with E-state index in [1.165, 1.54) is 16.9 Å². The molecule has 8 nitrogen and oxygen atoms in total. The number of methoxy groups -OCH3 is 2. The van der Waals surface area contributed by atoms with Gasteiger partial charge in [-0.05, 0) is 30.5 Å². The average molecular weight is 471 g/mol. The number of nitrogens with zero attached hydrogens (tertiary/aromatic N) is 3. The van der Waals surface area contributed by atoms with E-state index in [2.05, 4.69) is 39.2 Å². The number of benzene rings is 1. The second-order valence-corrected chi connectivity index (χ2v) is 9.24. The number of nitrogens with one attached hydrogen (secondary N) is 1. The smallest absolute Gasteiger partial charge is 0.261 e. The van der Waals surface area contributed by atoms with Gasteiger partial charge in [0, 0.05) is 33.3 Å². The fourth-order valence-electron chi connectivity index (χ4n) is 4.10.